The Bertz CT molecular complexity index is 396. The molecule has 0 aliphatic rings. The number of nitrogens with zero attached hydrogens (tertiary/aromatic N) is 4. The van der Waals surface area contributed by atoms with Gasteiger partial charge in [-0.3, -0.25) is 0 Å². The summed E-state index contributed by atoms with van der Waals surface area (Å²) in [7, 11) is 1.91. The molecule has 94 valence electrons. The first-order valence-corrected chi connectivity index (χ1v) is 6.55. The highest BCUT2D eigenvalue weighted by Gasteiger charge is 2.06. The van der Waals surface area contributed by atoms with Crippen LogP contribution in [0.2, 0.25) is 0 Å². The lowest BCUT2D eigenvalue weighted by atomic mass is 9.98. The van der Waals surface area contributed by atoms with Crippen molar-refractivity contribution in [1.82, 2.24) is 25.5 Å². The largest absolute Gasteiger partial charge is 0.318 e. The molecule has 1 aromatic rings. The Labute approximate surface area is 107 Å². The number of tetrazole rings is 1. The Morgan fingerprint density at radius 3 is 2.82 bits per heavy atom. The van der Waals surface area contributed by atoms with E-state index >= 15 is 0 Å². The summed E-state index contributed by atoms with van der Waals surface area (Å²) in [6, 6.07) is 0. The molecule has 0 fully saturated rings. The molecule has 0 bridgehead atoms. The third kappa shape index (κ3) is 5.71. The fourth-order valence-corrected chi connectivity index (χ4v) is 1.70. The van der Waals surface area contributed by atoms with Gasteiger partial charge in [0.1, 0.15) is 0 Å². The average molecular weight is 253 g/mol. The van der Waals surface area contributed by atoms with Gasteiger partial charge in [-0.2, -0.15) is 0 Å². The molecule has 0 atom stereocenters. The van der Waals surface area contributed by atoms with Crippen LogP contribution in [0.3, 0.4) is 0 Å². The van der Waals surface area contributed by atoms with E-state index in [2.05, 4.69) is 53.5 Å². The van der Waals surface area contributed by atoms with E-state index in [9.17, 15) is 0 Å². The topological polar surface area (TPSA) is 55.6 Å². The number of hydrogen-bond donors (Lipinski definition) is 1. The van der Waals surface area contributed by atoms with Crippen molar-refractivity contribution < 1.29 is 0 Å². The highest BCUT2D eigenvalue weighted by molar-refractivity contribution is 7.99. The van der Waals surface area contributed by atoms with Crippen LogP contribution in [0.4, 0.5) is 0 Å². The summed E-state index contributed by atoms with van der Waals surface area (Å²) in [5.74, 6) is 7.04. The van der Waals surface area contributed by atoms with Gasteiger partial charge < -0.3 is 5.32 Å². The van der Waals surface area contributed by atoms with Gasteiger partial charge >= 0.3 is 0 Å². The van der Waals surface area contributed by atoms with Crippen LogP contribution >= 0.6 is 11.8 Å². The fourth-order valence-electron chi connectivity index (χ4n) is 1.06. The second-order valence-corrected chi connectivity index (χ2v) is 5.57. The van der Waals surface area contributed by atoms with Crippen LogP contribution in [0.1, 0.15) is 20.8 Å². The van der Waals surface area contributed by atoms with Gasteiger partial charge in [-0.1, -0.05) is 23.6 Å². The van der Waals surface area contributed by atoms with Crippen molar-refractivity contribution in [3.63, 3.8) is 0 Å². The van der Waals surface area contributed by atoms with Crippen molar-refractivity contribution in [2.75, 3.05) is 19.3 Å². The Morgan fingerprint density at radius 2 is 2.18 bits per heavy atom. The van der Waals surface area contributed by atoms with Gasteiger partial charge in [-0.15, -0.1) is 5.10 Å². The smallest absolute Gasteiger partial charge is 0.210 e. The molecule has 0 saturated heterocycles. The van der Waals surface area contributed by atoms with E-state index in [1.165, 1.54) is 0 Å². The molecular weight excluding hydrogens is 234 g/mol. The minimum atomic E-state index is 0.0542. The maximum Gasteiger partial charge on any atom is 0.210 e. The van der Waals surface area contributed by atoms with E-state index in [-0.39, 0.29) is 5.41 Å². The Balaban J connectivity index is 2.46. The van der Waals surface area contributed by atoms with Gasteiger partial charge in [0.15, 0.2) is 0 Å². The number of rotatable bonds is 5. The molecule has 6 heteroatoms. The number of thioether (sulfide) groups is 1. The van der Waals surface area contributed by atoms with Gasteiger partial charge in [0, 0.05) is 12.0 Å². The number of aromatic nitrogens is 4. The quantitative estimate of drug-likeness (QED) is 0.627. The zero-order valence-corrected chi connectivity index (χ0v) is 11.6. The molecule has 0 amide bonds. The van der Waals surface area contributed by atoms with Crippen LogP contribution < -0.4 is 5.32 Å². The standard InChI is InChI=1S/C11H19N5S/c1-11(2,3)6-5-9-17-10-13-14-15-16(10)8-7-12-4/h12H,7-9H2,1-4H3. The van der Waals surface area contributed by atoms with E-state index < -0.39 is 0 Å². The van der Waals surface area contributed by atoms with Crippen molar-refractivity contribution in [3.05, 3.63) is 0 Å². The SMILES string of the molecule is CNCCn1nnnc1SCC#CC(C)(C)C. The second kappa shape index (κ2) is 6.62. The molecule has 0 radical (unpaired) electrons. The number of nitrogens with one attached hydrogen (secondary N) is 1. The zero-order valence-electron chi connectivity index (χ0n) is 10.8. The van der Waals surface area contributed by atoms with Gasteiger partial charge in [0.05, 0.1) is 12.3 Å². The lowest BCUT2D eigenvalue weighted by molar-refractivity contribution is 0.530. The van der Waals surface area contributed by atoms with Crippen LogP contribution in [-0.4, -0.2) is 39.6 Å². The summed E-state index contributed by atoms with van der Waals surface area (Å²) >= 11 is 1.57. The normalized spacial score (nSPS) is 11.1. The highest BCUT2D eigenvalue weighted by Crippen LogP contribution is 2.14. The Hall–Kier alpha value is -1.06. The Kier molecular flexibility index (Phi) is 5.45. The molecule has 0 unspecified atom stereocenters. The highest BCUT2D eigenvalue weighted by atomic mass is 32.2. The molecule has 0 aliphatic heterocycles. The van der Waals surface area contributed by atoms with Crippen molar-refractivity contribution >= 4 is 11.8 Å². The molecule has 0 aliphatic carbocycles. The number of likely N-dealkylation sites (N-methyl/N-ethyl adjacent to an activating group) is 1. The van der Waals surface area contributed by atoms with Gasteiger partial charge in [0.25, 0.3) is 0 Å². The summed E-state index contributed by atoms with van der Waals surface area (Å²) in [4.78, 5) is 0. The lowest BCUT2D eigenvalue weighted by Gasteiger charge is -2.06. The summed E-state index contributed by atoms with van der Waals surface area (Å²) < 4.78 is 1.79. The molecule has 0 spiro atoms. The van der Waals surface area contributed by atoms with Gasteiger partial charge in [0.2, 0.25) is 5.16 Å². The molecule has 1 N–H and O–H groups in total. The summed E-state index contributed by atoms with van der Waals surface area (Å²) in [5, 5.41) is 15.5. The minimum Gasteiger partial charge on any atom is -0.318 e. The molecular formula is C11H19N5S. The predicted octanol–water partition coefficient (Wildman–Crippen LogP) is 1.03. The Morgan fingerprint density at radius 1 is 1.41 bits per heavy atom. The van der Waals surface area contributed by atoms with Gasteiger partial charge in [-0.25, -0.2) is 4.68 Å². The molecule has 1 rings (SSSR count). The third-order valence-electron chi connectivity index (χ3n) is 1.81. The maximum atomic E-state index is 3.97. The van der Waals surface area contributed by atoms with Crippen LogP contribution in [0.15, 0.2) is 5.16 Å². The van der Waals surface area contributed by atoms with Crippen molar-refractivity contribution in [3.8, 4) is 11.8 Å². The second-order valence-electron chi connectivity index (χ2n) is 4.63. The van der Waals surface area contributed by atoms with Crippen LogP contribution in [-0.2, 0) is 6.54 Å². The molecule has 5 nitrogen and oxygen atoms in total. The molecule has 1 heterocycles. The van der Waals surface area contributed by atoms with Crippen LogP contribution in [0.5, 0.6) is 0 Å². The molecule has 0 saturated carbocycles. The lowest BCUT2D eigenvalue weighted by Crippen LogP contribution is -2.16. The van der Waals surface area contributed by atoms with Crippen molar-refractivity contribution in [1.29, 1.82) is 0 Å². The van der Waals surface area contributed by atoms with Crippen molar-refractivity contribution in [2.45, 2.75) is 32.5 Å². The summed E-state index contributed by atoms with van der Waals surface area (Å²) in [5.41, 5.74) is 0.0542. The summed E-state index contributed by atoms with van der Waals surface area (Å²) in [6.45, 7) is 7.93. The average Bonchev–Trinajstić information content (AvgIpc) is 2.67. The monoisotopic (exact) mass is 253 g/mol. The fraction of sp³-hybridized carbons (Fsp3) is 0.727. The predicted molar refractivity (Wildman–Crippen MR) is 69.7 cm³/mol. The van der Waals surface area contributed by atoms with Gasteiger partial charge in [-0.05, 0) is 38.2 Å². The van der Waals surface area contributed by atoms with E-state index in [4.69, 9.17) is 0 Å². The number of hydrogen-bond acceptors (Lipinski definition) is 5. The van der Waals surface area contributed by atoms with E-state index in [0.717, 1.165) is 24.0 Å². The zero-order chi connectivity index (χ0) is 12.7. The molecule has 1 aromatic heterocycles. The first-order chi connectivity index (χ1) is 8.03. The van der Waals surface area contributed by atoms with E-state index in [0.29, 0.717) is 0 Å². The van der Waals surface area contributed by atoms with Crippen molar-refractivity contribution in [2.24, 2.45) is 5.41 Å². The maximum absolute atomic E-state index is 3.97. The van der Waals surface area contributed by atoms with Crippen LogP contribution in [0, 0.1) is 17.3 Å². The van der Waals surface area contributed by atoms with E-state index in [1.54, 1.807) is 16.4 Å². The minimum absolute atomic E-state index is 0.0542. The van der Waals surface area contributed by atoms with Crippen LogP contribution in [0.25, 0.3) is 0 Å². The molecule has 0 aromatic carbocycles. The summed E-state index contributed by atoms with van der Waals surface area (Å²) in [6.07, 6.45) is 0. The first kappa shape index (κ1) is 14.0. The third-order valence-corrected chi connectivity index (χ3v) is 2.65. The van der Waals surface area contributed by atoms with E-state index in [1.807, 2.05) is 7.05 Å². The first-order valence-electron chi connectivity index (χ1n) is 5.56. The molecule has 17 heavy (non-hydrogen) atoms.